The summed E-state index contributed by atoms with van der Waals surface area (Å²) in [4.78, 5) is 13.4. The third-order valence-corrected chi connectivity index (χ3v) is 7.11. The highest BCUT2D eigenvalue weighted by Crippen LogP contribution is 2.30. The number of carbonyl (C=O) groups is 1. The molecule has 0 spiro atoms. The Balaban J connectivity index is 1.57. The second-order valence-electron chi connectivity index (χ2n) is 6.69. The van der Waals surface area contributed by atoms with Gasteiger partial charge in [0, 0.05) is 5.69 Å². The molecule has 1 aliphatic carbocycles. The number of hydrogen-bond donors (Lipinski definition) is 2. The standard InChI is InChI=1S/C21H20N2O3S2/c24-21(22-18-12-6-8-15-7-4-5-11-17(15)18)20-19(13-14-27-20)23-28(25,26)16-9-2-1-3-10-16/h1-3,6,8-10,12-14,23H,4-5,7,11H2,(H,22,24). The summed E-state index contributed by atoms with van der Waals surface area (Å²) in [6.45, 7) is 0. The van der Waals surface area contributed by atoms with Gasteiger partial charge in [-0.15, -0.1) is 11.3 Å². The Bertz CT molecular complexity index is 1110. The van der Waals surface area contributed by atoms with Crippen LogP contribution >= 0.6 is 11.3 Å². The van der Waals surface area contributed by atoms with E-state index in [4.69, 9.17) is 0 Å². The first-order valence-electron chi connectivity index (χ1n) is 9.12. The Labute approximate surface area is 168 Å². The number of benzene rings is 2. The summed E-state index contributed by atoms with van der Waals surface area (Å²) in [7, 11) is -3.75. The Kier molecular flexibility index (Phi) is 5.19. The van der Waals surface area contributed by atoms with E-state index < -0.39 is 10.0 Å². The van der Waals surface area contributed by atoms with Gasteiger partial charge in [0.25, 0.3) is 15.9 Å². The molecule has 2 aromatic carbocycles. The molecule has 0 aliphatic heterocycles. The van der Waals surface area contributed by atoms with Crippen LogP contribution in [0.4, 0.5) is 11.4 Å². The van der Waals surface area contributed by atoms with Gasteiger partial charge in [0.05, 0.1) is 10.6 Å². The van der Waals surface area contributed by atoms with E-state index in [1.165, 1.54) is 41.0 Å². The van der Waals surface area contributed by atoms with Crippen LogP contribution in [0.25, 0.3) is 0 Å². The average molecular weight is 413 g/mol. The summed E-state index contributed by atoms with van der Waals surface area (Å²) < 4.78 is 27.7. The Morgan fingerprint density at radius 2 is 1.68 bits per heavy atom. The summed E-state index contributed by atoms with van der Waals surface area (Å²) in [6, 6.07) is 15.7. The van der Waals surface area contributed by atoms with Crippen molar-refractivity contribution in [3.05, 3.63) is 76.0 Å². The largest absolute Gasteiger partial charge is 0.321 e. The van der Waals surface area contributed by atoms with Gasteiger partial charge in [0.2, 0.25) is 0 Å². The van der Waals surface area contributed by atoms with Crippen LogP contribution in [0.5, 0.6) is 0 Å². The number of aryl methyl sites for hydroxylation is 1. The molecule has 0 saturated heterocycles. The summed E-state index contributed by atoms with van der Waals surface area (Å²) >= 11 is 1.21. The van der Waals surface area contributed by atoms with E-state index in [0.717, 1.165) is 24.9 Å². The molecule has 5 nitrogen and oxygen atoms in total. The fourth-order valence-electron chi connectivity index (χ4n) is 3.45. The highest BCUT2D eigenvalue weighted by molar-refractivity contribution is 7.92. The van der Waals surface area contributed by atoms with E-state index in [1.807, 2.05) is 12.1 Å². The number of amides is 1. The minimum atomic E-state index is -3.75. The molecule has 1 amide bonds. The second kappa shape index (κ2) is 7.77. The van der Waals surface area contributed by atoms with Crippen LogP contribution in [0.1, 0.15) is 33.6 Å². The fourth-order valence-corrected chi connectivity index (χ4v) is 5.35. The van der Waals surface area contributed by atoms with Gasteiger partial charge < -0.3 is 5.32 Å². The van der Waals surface area contributed by atoms with E-state index >= 15 is 0 Å². The van der Waals surface area contributed by atoms with Gasteiger partial charge in [-0.2, -0.15) is 0 Å². The topological polar surface area (TPSA) is 75.3 Å². The molecule has 0 fully saturated rings. The van der Waals surface area contributed by atoms with Crippen LogP contribution in [0.2, 0.25) is 0 Å². The second-order valence-corrected chi connectivity index (χ2v) is 9.28. The first-order chi connectivity index (χ1) is 13.5. The number of anilines is 2. The van der Waals surface area contributed by atoms with Crippen LogP contribution in [-0.2, 0) is 22.9 Å². The minimum absolute atomic E-state index is 0.157. The molecule has 0 bridgehead atoms. The maximum atomic E-state index is 12.9. The number of thiophene rings is 1. The number of sulfonamides is 1. The molecule has 0 atom stereocenters. The molecule has 0 unspecified atom stereocenters. The van der Waals surface area contributed by atoms with Crippen LogP contribution in [-0.4, -0.2) is 14.3 Å². The molecule has 3 aromatic rings. The maximum Gasteiger partial charge on any atom is 0.267 e. The van der Waals surface area contributed by atoms with Crippen molar-refractivity contribution in [3.63, 3.8) is 0 Å². The first kappa shape index (κ1) is 18.7. The third-order valence-electron chi connectivity index (χ3n) is 4.81. The quantitative estimate of drug-likeness (QED) is 0.639. The van der Waals surface area contributed by atoms with Crippen LogP contribution in [0, 0.1) is 0 Å². The SMILES string of the molecule is O=C(Nc1cccc2c1CCCC2)c1sccc1NS(=O)(=O)c1ccccc1. The lowest BCUT2D eigenvalue weighted by molar-refractivity contribution is 0.103. The van der Waals surface area contributed by atoms with Crippen molar-refractivity contribution in [2.24, 2.45) is 0 Å². The minimum Gasteiger partial charge on any atom is -0.321 e. The highest BCUT2D eigenvalue weighted by Gasteiger charge is 2.21. The van der Waals surface area contributed by atoms with Gasteiger partial charge in [-0.25, -0.2) is 8.42 Å². The summed E-state index contributed by atoms with van der Waals surface area (Å²) in [5.74, 6) is -0.306. The van der Waals surface area contributed by atoms with E-state index in [1.54, 1.807) is 29.6 Å². The molecule has 0 saturated carbocycles. The normalized spacial score (nSPS) is 13.6. The van der Waals surface area contributed by atoms with Gasteiger partial charge in [-0.3, -0.25) is 9.52 Å². The van der Waals surface area contributed by atoms with Crippen molar-refractivity contribution >= 4 is 38.6 Å². The number of carbonyl (C=O) groups excluding carboxylic acids is 1. The van der Waals surface area contributed by atoms with Gasteiger partial charge in [-0.05, 0) is 66.5 Å². The lowest BCUT2D eigenvalue weighted by atomic mass is 9.90. The first-order valence-corrected chi connectivity index (χ1v) is 11.5. The van der Waals surface area contributed by atoms with Gasteiger partial charge in [0.1, 0.15) is 4.88 Å². The van der Waals surface area contributed by atoms with Crippen LogP contribution in [0.15, 0.2) is 64.9 Å². The van der Waals surface area contributed by atoms with E-state index in [0.29, 0.717) is 4.88 Å². The third kappa shape index (κ3) is 3.81. The molecule has 1 aliphatic rings. The van der Waals surface area contributed by atoms with E-state index in [-0.39, 0.29) is 16.5 Å². The van der Waals surface area contributed by atoms with Gasteiger partial charge >= 0.3 is 0 Å². The zero-order valence-electron chi connectivity index (χ0n) is 15.1. The van der Waals surface area contributed by atoms with Crippen molar-refractivity contribution in [1.82, 2.24) is 0 Å². The smallest absolute Gasteiger partial charge is 0.267 e. The number of rotatable bonds is 5. The van der Waals surface area contributed by atoms with Gasteiger partial charge in [-0.1, -0.05) is 30.3 Å². The molecule has 0 radical (unpaired) electrons. The monoisotopic (exact) mass is 412 g/mol. The predicted octanol–water partition coefficient (Wildman–Crippen LogP) is 4.68. The van der Waals surface area contributed by atoms with Crippen molar-refractivity contribution in [3.8, 4) is 0 Å². The zero-order valence-corrected chi connectivity index (χ0v) is 16.8. The molecule has 144 valence electrons. The van der Waals surface area contributed by atoms with E-state index in [9.17, 15) is 13.2 Å². The molecule has 4 rings (SSSR count). The molecular weight excluding hydrogens is 392 g/mol. The van der Waals surface area contributed by atoms with Crippen molar-refractivity contribution in [1.29, 1.82) is 0 Å². The number of nitrogens with one attached hydrogen (secondary N) is 2. The van der Waals surface area contributed by atoms with Crippen LogP contribution < -0.4 is 10.0 Å². The Morgan fingerprint density at radius 3 is 2.50 bits per heavy atom. The summed E-state index contributed by atoms with van der Waals surface area (Å²) in [5, 5.41) is 4.68. The molecule has 1 heterocycles. The van der Waals surface area contributed by atoms with Crippen LogP contribution in [0.3, 0.4) is 0 Å². The summed E-state index contributed by atoms with van der Waals surface area (Å²) in [6.07, 6.45) is 4.26. The number of fused-ring (bicyclic) bond motifs is 1. The van der Waals surface area contributed by atoms with Gasteiger partial charge in [0.15, 0.2) is 0 Å². The highest BCUT2D eigenvalue weighted by atomic mass is 32.2. The molecule has 28 heavy (non-hydrogen) atoms. The lowest BCUT2D eigenvalue weighted by Gasteiger charge is -2.19. The van der Waals surface area contributed by atoms with Crippen molar-refractivity contribution in [2.75, 3.05) is 10.0 Å². The van der Waals surface area contributed by atoms with E-state index in [2.05, 4.69) is 16.1 Å². The predicted molar refractivity (Wildman–Crippen MR) is 113 cm³/mol. The Morgan fingerprint density at radius 1 is 0.893 bits per heavy atom. The molecule has 7 heteroatoms. The van der Waals surface area contributed by atoms with Crippen molar-refractivity contribution in [2.45, 2.75) is 30.6 Å². The maximum absolute atomic E-state index is 12.9. The number of hydrogen-bond acceptors (Lipinski definition) is 4. The zero-order chi connectivity index (χ0) is 19.6. The molecular formula is C21H20N2O3S2. The fraction of sp³-hybridized carbons (Fsp3) is 0.190. The molecule has 1 aromatic heterocycles. The van der Waals surface area contributed by atoms with Crippen molar-refractivity contribution < 1.29 is 13.2 Å². The average Bonchev–Trinajstić information content (AvgIpc) is 3.16. The summed E-state index contributed by atoms with van der Waals surface area (Å²) in [5.41, 5.74) is 3.56. The lowest BCUT2D eigenvalue weighted by Crippen LogP contribution is -2.18. The Hall–Kier alpha value is -2.64. The molecule has 2 N–H and O–H groups in total.